The van der Waals surface area contributed by atoms with Gasteiger partial charge in [-0.2, -0.15) is 0 Å². The van der Waals surface area contributed by atoms with E-state index in [1.807, 2.05) is 0 Å². The number of carbonyl (C=O) groups excluding carboxylic acids is 5. The van der Waals surface area contributed by atoms with E-state index in [4.69, 9.17) is 14.2 Å². The highest BCUT2D eigenvalue weighted by Crippen LogP contribution is 2.62. The first-order valence-electron chi connectivity index (χ1n) is 13.3. The van der Waals surface area contributed by atoms with Gasteiger partial charge in [0.2, 0.25) is 11.6 Å². The molecule has 0 radical (unpaired) electrons. The van der Waals surface area contributed by atoms with Crippen molar-refractivity contribution >= 4 is 35.3 Å². The molecule has 0 bridgehead atoms. The van der Waals surface area contributed by atoms with Gasteiger partial charge in [-0.25, -0.2) is 9.59 Å². The second-order valence-electron chi connectivity index (χ2n) is 11.6. The first kappa shape index (κ1) is 27.2. The number of aliphatic carboxylic acids is 1. The van der Waals surface area contributed by atoms with Gasteiger partial charge < -0.3 is 24.2 Å². The molecule has 1 N–H and O–H groups in total. The predicted molar refractivity (Wildman–Crippen MR) is 132 cm³/mol. The van der Waals surface area contributed by atoms with E-state index in [0.29, 0.717) is 31.4 Å². The quantitative estimate of drug-likeness (QED) is 0.304. The molecule has 2 aliphatic heterocycles. The summed E-state index contributed by atoms with van der Waals surface area (Å²) >= 11 is 0. The Kier molecular flexibility index (Phi) is 6.56. The normalized spacial score (nSPS) is 38.9. The number of carbonyl (C=O) groups is 6. The standard InChI is InChI=1S/C28H33NO10/c1-13(30)38-17-10-27(2)15(7-8-18(27)31)20-22(17)28(3)19(12-37-4)39-26(36)14(21(28)24(33)23(20)32)11-29-9-5-6-16(29)25(34)35/h11,15-17,19,21H,5-10,12H2,1-4H3,(H,34,35)/b14-11-/t15-,16?,17+,19+,21?,27-,28-/m0/s1. The third-order valence-corrected chi connectivity index (χ3v) is 9.52. The van der Waals surface area contributed by atoms with Crippen molar-refractivity contribution < 1.29 is 48.1 Å². The van der Waals surface area contributed by atoms with Crippen molar-refractivity contribution in [2.75, 3.05) is 20.3 Å². The lowest BCUT2D eigenvalue weighted by molar-refractivity contribution is -0.174. The third-order valence-electron chi connectivity index (χ3n) is 9.52. The van der Waals surface area contributed by atoms with E-state index in [0.717, 1.165) is 0 Å². The van der Waals surface area contributed by atoms with Crippen LogP contribution in [0.3, 0.4) is 0 Å². The lowest BCUT2D eigenvalue weighted by atomic mass is 9.50. The Bertz CT molecular complexity index is 1250. The minimum atomic E-state index is -1.35. The van der Waals surface area contributed by atoms with E-state index < -0.39 is 70.4 Å². The van der Waals surface area contributed by atoms with Crippen LogP contribution in [0.4, 0.5) is 0 Å². The number of carboxylic acid groups (broad SMARTS) is 1. The molecule has 3 aliphatic carbocycles. The SMILES string of the molecule is COC[C@H]1OC(=O)/C(=C\N2CCCC2C(=O)O)C2C(=O)C(=O)C3=C([C@H](OC(C)=O)C[C@]4(C)C(=O)CC[C@@H]34)[C@]21C. The fourth-order valence-corrected chi connectivity index (χ4v) is 7.69. The number of methoxy groups -OCH3 is 1. The summed E-state index contributed by atoms with van der Waals surface area (Å²) in [4.78, 5) is 79.9. The maximum absolute atomic E-state index is 14.0. The third kappa shape index (κ3) is 3.88. The van der Waals surface area contributed by atoms with Crippen LogP contribution in [0.2, 0.25) is 0 Å². The fraction of sp³-hybridized carbons (Fsp3) is 0.643. The molecule has 2 saturated heterocycles. The number of ketones is 3. The Morgan fingerprint density at radius 1 is 1.18 bits per heavy atom. The first-order valence-corrected chi connectivity index (χ1v) is 13.3. The largest absolute Gasteiger partial charge is 0.480 e. The molecular formula is C28H33NO10. The number of hydrogen-bond acceptors (Lipinski definition) is 10. The molecule has 1 saturated carbocycles. The van der Waals surface area contributed by atoms with Crippen LogP contribution in [0.5, 0.6) is 0 Å². The molecular weight excluding hydrogens is 510 g/mol. The molecule has 0 spiro atoms. The van der Waals surface area contributed by atoms with Gasteiger partial charge in [-0.05, 0) is 24.8 Å². The summed E-state index contributed by atoms with van der Waals surface area (Å²) in [7, 11) is 1.42. The molecule has 210 valence electrons. The van der Waals surface area contributed by atoms with E-state index in [9.17, 15) is 33.9 Å². The molecule has 0 aromatic rings. The summed E-state index contributed by atoms with van der Waals surface area (Å²) in [6, 6.07) is -0.883. The highest BCUT2D eigenvalue weighted by molar-refractivity contribution is 6.47. The van der Waals surface area contributed by atoms with E-state index >= 15 is 0 Å². The minimum Gasteiger partial charge on any atom is -0.480 e. The summed E-state index contributed by atoms with van der Waals surface area (Å²) in [6.45, 7) is 4.94. The number of esters is 2. The highest BCUT2D eigenvalue weighted by atomic mass is 16.6. The van der Waals surface area contributed by atoms with Gasteiger partial charge in [0.05, 0.1) is 18.1 Å². The zero-order valence-corrected chi connectivity index (χ0v) is 22.5. The number of allylic oxidation sites excluding steroid dienone is 1. The lowest BCUT2D eigenvalue weighted by Crippen LogP contribution is -2.63. The molecule has 0 amide bonds. The monoisotopic (exact) mass is 543 g/mol. The Balaban J connectivity index is 1.75. The number of likely N-dealkylation sites (tertiary alicyclic amines) is 1. The molecule has 0 aromatic heterocycles. The second-order valence-corrected chi connectivity index (χ2v) is 11.6. The van der Waals surface area contributed by atoms with Crippen molar-refractivity contribution in [1.29, 1.82) is 0 Å². The molecule has 2 unspecified atom stereocenters. The predicted octanol–water partition coefficient (Wildman–Crippen LogP) is 1.38. The molecule has 3 fully saturated rings. The Labute approximate surface area is 225 Å². The molecule has 11 nitrogen and oxygen atoms in total. The van der Waals surface area contributed by atoms with Crippen molar-refractivity contribution in [3.63, 3.8) is 0 Å². The first-order chi connectivity index (χ1) is 18.4. The maximum atomic E-state index is 14.0. The minimum absolute atomic E-state index is 0.0541. The fourth-order valence-electron chi connectivity index (χ4n) is 7.69. The van der Waals surface area contributed by atoms with Crippen LogP contribution in [-0.4, -0.2) is 83.8 Å². The van der Waals surface area contributed by atoms with Gasteiger partial charge >= 0.3 is 17.9 Å². The Morgan fingerprint density at radius 2 is 1.90 bits per heavy atom. The van der Waals surface area contributed by atoms with Gasteiger partial charge in [0.1, 0.15) is 24.0 Å². The molecule has 2 heterocycles. The van der Waals surface area contributed by atoms with E-state index in [1.54, 1.807) is 13.8 Å². The topological polar surface area (TPSA) is 154 Å². The number of Topliss-reactive ketones (excluding diaryl/α,β-unsaturated/α-hetero) is 3. The summed E-state index contributed by atoms with van der Waals surface area (Å²) in [5.74, 6) is -6.03. The summed E-state index contributed by atoms with van der Waals surface area (Å²) in [5.41, 5.74) is -1.88. The van der Waals surface area contributed by atoms with Crippen LogP contribution in [0.1, 0.15) is 52.9 Å². The van der Waals surface area contributed by atoms with E-state index in [-0.39, 0.29) is 36.4 Å². The molecule has 5 rings (SSSR count). The number of fused-ring (bicyclic) bond motifs is 4. The Hall–Kier alpha value is -3.34. The number of rotatable bonds is 5. The number of carboxylic acids is 1. The van der Waals surface area contributed by atoms with Crippen LogP contribution in [0, 0.1) is 22.7 Å². The number of ether oxygens (including phenoxy) is 3. The second kappa shape index (κ2) is 9.39. The van der Waals surface area contributed by atoms with Crippen molar-refractivity contribution in [2.24, 2.45) is 22.7 Å². The zero-order chi connectivity index (χ0) is 28.4. The van der Waals surface area contributed by atoms with Gasteiger partial charge in [0.15, 0.2) is 0 Å². The van der Waals surface area contributed by atoms with Gasteiger partial charge in [0.25, 0.3) is 0 Å². The van der Waals surface area contributed by atoms with Crippen LogP contribution in [-0.2, 0) is 43.0 Å². The van der Waals surface area contributed by atoms with Crippen LogP contribution < -0.4 is 0 Å². The van der Waals surface area contributed by atoms with Crippen molar-refractivity contribution in [1.82, 2.24) is 4.90 Å². The van der Waals surface area contributed by atoms with Gasteiger partial charge in [-0.3, -0.25) is 19.2 Å². The number of nitrogens with zero attached hydrogens (tertiary/aromatic N) is 1. The summed E-state index contributed by atoms with van der Waals surface area (Å²) in [6.07, 6.45) is 1.05. The zero-order valence-electron chi connectivity index (χ0n) is 22.5. The summed E-state index contributed by atoms with van der Waals surface area (Å²) in [5, 5.41) is 9.67. The lowest BCUT2D eigenvalue weighted by Gasteiger charge is -2.55. The van der Waals surface area contributed by atoms with Gasteiger partial charge in [0, 0.05) is 61.9 Å². The highest BCUT2D eigenvalue weighted by Gasteiger charge is 2.67. The number of hydrogen-bond donors (Lipinski definition) is 1. The van der Waals surface area contributed by atoms with Crippen LogP contribution in [0.25, 0.3) is 0 Å². The molecule has 39 heavy (non-hydrogen) atoms. The number of cyclic esters (lactones) is 1. The maximum Gasteiger partial charge on any atom is 0.336 e. The van der Waals surface area contributed by atoms with Gasteiger partial charge in [-0.15, -0.1) is 0 Å². The van der Waals surface area contributed by atoms with Crippen molar-refractivity contribution in [3.05, 3.63) is 22.9 Å². The molecule has 11 heteroatoms. The van der Waals surface area contributed by atoms with E-state index in [2.05, 4.69) is 0 Å². The molecule has 7 atom stereocenters. The van der Waals surface area contributed by atoms with Gasteiger partial charge in [-0.1, -0.05) is 13.8 Å². The van der Waals surface area contributed by atoms with Crippen molar-refractivity contribution in [2.45, 2.75) is 71.1 Å². The van der Waals surface area contributed by atoms with Crippen LogP contribution in [0.15, 0.2) is 22.9 Å². The average molecular weight is 544 g/mol. The van der Waals surface area contributed by atoms with Crippen LogP contribution >= 0.6 is 0 Å². The summed E-state index contributed by atoms with van der Waals surface area (Å²) < 4.78 is 17.0. The van der Waals surface area contributed by atoms with E-state index in [1.165, 1.54) is 25.1 Å². The average Bonchev–Trinajstić information content (AvgIpc) is 3.44. The molecule has 5 aliphatic rings. The van der Waals surface area contributed by atoms with Crippen molar-refractivity contribution in [3.8, 4) is 0 Å². The Morgan fingerprint density at radius 3 is 2.54 bits per heavy atom. The smallest absolute Gasteiger partial charge is 0.336 e. The molecule has 0 aromatic carbocycles.